The summed E-state index contributed by atoms with van der Waals surface area (Å²) in [5.74, 6) is 2.78. The van der Waals surface area contributed by atoms with Gasteiger partial charge in [-0.1, -0.05) is 59.4 Å². The van der Waals surface area contributed by atoms with Crippen LogP contribution >= 0.6 is 34.4 Å². The Bertz CT molecular complexity index is 1210. The predicted octanol–water partition coefficient (Wildman–Crippen LogP) is 5.58. The zero-order valence-corrected chi connectivity index (χ0v) is 19.0. The van der Waals surface area contributed by atoms with E-state index >= 15 is 0 Å². The Morgan fingerprint density at radius 2 is 1.81 bits per heavy atom. The van der Waals surface area contributed by atoms with E-state index in [0.29, 0.717) is 17.5 Å². The van der Waals surface area contributed by atoms with Crippen LogP contribution < -0.4 is 0 Å². The van der Waals surface area contributed by atoms with Crippen molar-refractivity contribution in [1.82, 2.24) is 24.9 Å². The Morgan fingerprint density at radius 3 is 2.61 bits per heavy atom. The third-order valence-electron chi connectivity index (χ3n) is 4.70. The molecular formula is C22H19N5OS3. The van der Waals surface area contributed by atoms with Gasteiger partial charge >= 0.3 is 0 Å². The normalized spacial score (nSPS) is 11.2. The highest BCUT2D eigenvalue weighted by atomic mass is 32.2. The Balaban J connectivity index is 1.32. The molecule has 0 atom stereocenters. The van der Waals surface area contributed by atoms with Crippen molar-refractivity contribution in [3.63, 3.8) is 0 Å². The van der Waals surface area contributed by atoms with Gasteiger partial charge in [0.05, 0.1) is 10.6 Å². The molecule has 4 aromatic heterocycles. The van der Waals surface area contributed by atoms with Gasteiger partial charge in [-0.25, -0.2) is 0 Å². The van der Waals surface area contributed by atoms with E-state index < -0.39 is 0 Å². The van der Waals surface area contributed by atoms with Gasteiger partial charge in [-0.2, -0.15) is 4.98 Å². The first-order valence-corrected chi connectivity index (χ1v) is 12.6. The lowest BCUT2D eigenvalue weighted by Crippen LogP contribution is -2.08. The minimum absolute atomic E-state index is 0.564. The smallest absolute Gasteiger partial charge is 0.268 e. The molecule has 4 heterocycles. The van der Waals surface area contributed by atoms with Crippen LogP contribution in [0.3, 0.4) is 0 Å². The fourth-order valence-electron chi connectivity index (χ4n) is 3.18. The van der Waals surface area contributed by atoms with E-state index in [1.807, 2.05) is 23.6 Å². The van der Waals surface area contributed by atoms with Crippen LogP contribution in [0, 0.1) is 0 Å². The molecule has 0 bridgehead atoms. The molecule has 0 aliphatic carbocycles. The van der Waals surface area contributed by atoms with E-state index in [1.165, 1.54) is 10.4 Å². The van der Waals surface area contributed by atoms with Crippen molar-refractivity contribution in [3.8, 4) is 10.8 Å². The molecule has 0 radical (unpaired) electrons. The number of thiophene rings is 2. The molecule has 0 aliphatic rings. The molecule has 0 spiro atoms. The average molecular weight is 466 g/mol. The van der Waals surface area contributed by atoms with Crippen LogP contribution in [-0.2, 0) is 25.1 Å². The molecule has 6 nitrogen and oxygen atoms in total. The fraction of sp³-hybridized carbons (Fsp3) is 0.182. The van der Waals surface area contributed by atoms with Crippen molar-refractivity contribution in [2.75, 3.05) is 0 Å². The molecule has 0 amide bonds. The van der Waals surface area contributed by atoms with Gasteiger partial charge in [-0.15, -0.1) is 32.9 Å². The first-order chi connectivity index (χ1) is 15.3. The molecule has 0 aliphatic heterocycles. The fourth-order valence-corrected chi connectivity index (χ4v) is 5.35. The van der Waals surface area contributed by atoms with Gasteiger partial charge in [0.1, 0.15) is 5.82 Å². The summed E-state index contributed by atoms with van der Waals surface area (Å²) in [6.07, 6.45) is 1.71. The second-order valence-electron chi connectivity index (χ2n) is 6.82. The highest BCUT2D eigenvalue weighted by molar-refractivity contribution is 7.98. The standard InChI is InChI=1S/C22H19N5OS3/c1-2-6-16(7-3-1)10-11-27-20(14-17-8-4-12-29-17)24-25-22(27)31-15-19-23-21(28-26-19)18-9-5-13-30-18/h1-9,12-13H,10-11,14-15H2. The average Bonchev–Trinajstić information content (AvgIpc) is 3.60. The maximum Gasteiger partial charge on any atom is 0.268 e. The Kier molecular flexibility index (Phi) is 6.24. The van der Waals surface area contributed by atoms with Crippen LogP contribution in [-0.4, -0.2) is 24.9 Å². The van der Waals surface area contributed by atoms with Crippen LogP contribution in [0.4, 0.5) is 0 Å². The number of nitrogens with zero attached hydrogens (tertiary/aromatic N) is 5. The molecule has 156 valence electrons. The minimum atomic E-state index is 0.564. The molecule has 0 saturated heterocycles. The second-order valence-corrected chi connectivity index (χ2v) is 9.75. The molecule has 5 rings (SSSR count). The monoisotopic (exact) mass is 465 g/mol. The molecule has 0 fully saturated rings. The number of aromatic nitrogens is 5. The third kappa shape index (κ3) is 4.95. The van der Waals surface area contributed by atoms with Gasteiger partial charge in [0.2, 0.25) is 0 Å². The summed E-state index contributed by atoms with van der Waals surface area (Å²) in [5, 5.41) is 18.1. The van der Waals surface area contributed by atoms with Crippen molar-refractivity contribution in [3.05, 3.63) is 87.4 Å². The van der Waals surface area contributed by atoms with Crippen molar-refractivity contribution in [1.29, 1.82) is 0 Å². The molecule has 9 heteroatoms. The van der Waals surface area contributed by atoms with Gasteiger partial charge < -0.3 is 9.09 Å². The maximum absolute atomic E-state index is 5.40. The summed E-state index contributed by atoms with van der Waals surface area (Å²) in [7, 11) is 0. The van der Waals surface area contributed by atoms with Gasteiger partial charge in [-0.3, -0.25) is 0 Å². The molecular weight excluding hydrogens is 446 g/mol. The van der Waals surface area contributed by atoms with Gasteiger partial charge in [0, 0.05) is 17.8 Å². The zero-order chi connectivity index (χ0) is 20.9. The van der Waals surface area contributed by atoms with Crippen LogP contribution in [0.25, 0.3) is 10.8 Å². The summed E-state index contributed by atoms with van der Waals surface area (Å²) in [4.78, 5) is 6.78. The second kappa shape index (κ2) is 9.59. The number of hydrogen-bond donors (Lipinski definition) is 0. The van der Waals surface area contributed by atoms with E-state index in [4.69, 9.17) is 4.52 Å². The van der Waals surface area contributed by atoms with Crippen molar-refractivity contribution in [2.45, 2.75) is 30.3 Å². The van der Waals surface area contributed by atoms with Crippen molar-refractivity contribution >= 4 is 34.4 Å². The summed E-state index contributed by atoms with van der Waals surface area (Å²) in [6, 6.07) is 18.7. The lowest BCUT2D eigenvalue weighted by atomic mass is 10.1. The number of benzene rings is 1. The van der Waals surface area contributed by atoms with Crippen LogP contribution in [0.2, 0.25) is 0 Å². The number of hydrogen-bond acceptors (Lipinski definition) is 8. The van der Waals surface area contributed by atoms with Crippen molar-refractivity contribution in [2.24, 2.45) is 0 Å². The van der Waals surface area contributed by atoms with E-state index in [9.17, 15) is 0 Å². The summed E-state index contributed by atoms with van der Waals surface area (Å²) in [5.41, 5.74) is 1.30. The van der Waals surface area contributed by atoms with Crippen LogP contribution in [0.1, 0.15) is 22.1 Å². The van der Waals surface area contributed by atoms with E-state index in [-0.39, 0.29) is 0 Å². The van der Waals surface area contributed by atoms with Crippen LogP contribution in [0.15, 0.2) is 75.0 Å². The van der Waals surface area contributed by atoms with E-state index in [0.717, 1.165) is 35.2 Å². The number of thioether (sulfide) groups is 1. The molecule has 31 heavy (non-hydrogen) atoms. The first-order valence-electron chi connectivity index (χ1n) is 9.83. The number of rotatable bonds is 9. The van der Waals surface area contributed by atoms with Gasteiger partial charge in [0.15, 0.2) is 11.0 Å². The zero-order valence-electron chi connectivity index (χ0n) is 16.5. The largest absolute Gasteiger partial charge is 0.333 e. The highest BCUT2D eigenvalue weighted by Crippen LogP contribution is 2.26. The third-order valence-corrected chi connectivity index (χ3v) is 7.40. The van der Waals surface area contributed by atoms with Gasteiger partial charge in [0.25, 0.3) is 5.89 Å². The Hall–Kier alpha value is -2.75. The lowest BCUT2D eigenvalue weighted by Gasteiger charge is -2.09. The Morgan fingerprint density at radius 1 is 0.935 bits per heavy atom. The molecule has 1 aromatic carbocycles. The lowest BCUT2D eigenvalue weighted by molar-refractivity contribution is 0.426. The Labute approximate surface area is 192 Å². The SMILES string of the molecule is c1ccc(CCn2c(Cc3cccs3)nnc2SCc2noc(-c3cccs3)n2)cc1. The van der Waals surface area contributed by atoms with E-state index in [1.54, 1.807) is 34.4 Å². The molecule has 0 N–H and O–H groups in total. The maximum atomic E-state index is 5.40. The molecule has 5 aromatic rings. The summed E-state index contributed by atoms with van der Waals surface area (Å²) >= 11 is 4.92. The molecule has 0 saturated carbocycles. The van der Waals surface area contributed by atoms with Crippen molar-refractivity contribution < 1.29 is 4.52 Å². The topological polar surface area (TPSA) is 69.6 Å². The summed E-state index contributed by atoms with van der Waals surface area (Å²) < 4.78 is 7.62. The van der Waals surface area contributed by atoms with Gasteiger partial charge in [-0.05, 0) is 34.9 Å². The number of aryl methyl sites for hydroxylation is 1. The highest BCUT2D eigenvalue weighted by Gasteiger charge is 2.16. The summed E-state index contributed by atoms with van der Waals surface area (Å²) in [6.45, 7) is 0.826. The predicted molar refractivity (Wildman–Crippen MR) is 124 cm³/mol. The quantitative estimate of drug-likeness (QED) is 0.265. The van der Waals surface area contributed by atoms with Crippen LogP contribution in [0.5, 0.6) is 0 Å². The molecule has 0 unspecified atom stereocenters. The minimum Gasteiger partial charge on any atom is -0.333 e. The van der Waals surface area contributed by atoms with E-state index in [2.05, 4.69) is 66.7 Å². The first kappa shape index (κ1) is 20.2.